The van der Waals surface area contributed by atoms with Crippen molar-refractivity contribution in [1.82, 2.24) is 20.6 Å². The van der Waals surface area contributed by atoms with Crippen molar-refractivity contribution in [3.05, 3.63) is 107 Å². The molecule has 0 aliphatic rings. The zero-order valence-corrected chi connectivity index (χ0v) is 43.1. The zero-order valence-electron chi connectivity index (χ0n) is 43.1. The molecule has 0 saturated heterocycles. The molecule has 6 aromatic rings. The van der Waals surface area contributed by atoms with Gasteiger partial charge in [0.1, 0.15) is 24.7 Å². The predicted molar refractivity (Wildman–Crippen MR) is 277 cm³/mol. The Morgan fingerprint density at radius 2 is 1.00 bits per heavy atom. The van der Waals surface area contributed by atoms with E-state index in [0.29, 0.717) is 89.8 Å². The molecule has 73 heavy (non-hydrogen) atoms. The molecule has 6 rings (SSSR count). The lowest BCUT2D eigenvalue weighted by molar-refractivity contribution is -0.193. The predicted octanol–water partition coefficient (Wildman–Crippen LogP) is 8.88. The number of anilines is 2. The van der Waals surface area contributed by atoms with E-state index in [2.05, 4.69) is 34.4 Å². The van der Waals surface area contributed by atoms with Gasteiger partial charge in [0.25, 0.3) is 11.8 Å². The van der Waals surface area contributed by atoms with Gasteiger partial charge in [0.2, 0.25) is 0 Å². The van der Waals surface area contributed by atoms with Gasteiger partial charge in [-0.25, -0.2) is 0 Å². The van der Waals surface area contributed by atoms with Gasteiger partial charge in [-0.1, -0.05) is 59.6 Å². The van der Waals surface area contributed by atoms with Crippen LogP contribution in [0.2, 0.25) is 0 Å². The molecule has 0 bridgehead atoms. The summed E-state index contributed by atoms with van der Waals surface area (Å²) in [6.45, 7) is 15.9. The van der Waals surface area contributed by atoms with Crippen LogP contribution >= 0.6 is 0 Å². The standard InChI is InChI=1S/C27H35N3O4.C26H33N3O4.2CO2/c1-6-7-13-33-23-12-11-19(15-25(23)32-5)27(31)30-22(17(2)3)16-34-24-10-8-9-21-26(24)20(28)14-18(4)29-21;1-5-7-13-32-22-12-11-18(15-24(22)31-4)26(30)29-19(6-2)16-33-23-10-8-9-21-25(23)20(27)14-17(3)28-21;2*2-1-3/h8-12,14-15,17,22H,6-7,13,16H2,1-5H3,(H2,28,29)(H,30,31);8-12,14-15,19H,5-7,13,16H2,1-4H3,(H2,27,28)(H,29,30);;. The minimum atomic E-state index is -0.214. The number of nitrogens with zero attached hydrogens (tertiary/aromatic N) is 2. The summed E-state index contributed by atoms with van der Waals surface area (Å²) in [5, 5.41) is 7.70. The molecule has 6 N–H and O–H groups in total. The van der Waals surface area contributed by atoms with E-state index in [-0.39, 0.29) is 42.1 Å². The van der Waals surface area contributed by atoms with E-state index in [4.69, 9.17) is 59.1 Å². The van der Waals surface area contributed by atoms with Gasteiger partial charge in [-0.15, -0.1) is 0 Å². The first-order valence-corrected chi connectivity index (χ1v) is 23.9. The molecule has 18 nitrogen and oxygen atoms in total. The lowest BCUT2D eigenvalue weighted by Crippen LogP contribution is -2.42. The number of hydrogen-bond donors (Lipinski definition) is 4. The largest absolute Gasteiger partial charge is 0.493 e. The third-order valence-corrected chi connectivity index (χ3v) is 11.1. The summed E-state index contributed by atoms with van der Waals surface area (Å²) in [5.41, 5.74) is 18.0. The fourth-order valence-corrected chi connectivity index (χ4v) is 7.15. The number of nitrogen functional groups attached to an aromatic ring is 2. The highest BCUT2D eigenvalue weighted by atomic mass is 16.5. The van der Waals surface area contributed by atoms with E-state index in [1.54, 1.807) is 50.6 Å². The van der Waals surface area contributed by atoms with Gasteiger partial charge < -0.3 is 50.5 Å². The van der Waals surface area contributed by atoms with Crippen LogP contribution in [0.15, 0.2) is 84.9 Å². The van der Waals surface area contributed by atoms with Crippen LogP contribution in [0.25, 0.3) is 21.8 Å². The van der Waals surface area contributed by atoms with Crippen LogP contribution in [0.1, 0.15) is 98.8 Å². The van der Waals surface area contributed by atoms with E-state index < -0.39 is 0 Å². The van der Waals surface area contributed by atoms with E-state index in [1.165, 1.54) is 0 Å². The Bertz CT molecular complexity index is 2780. The third kappa shape index (κ3) is 18.2. The molecule has 0 aliphatic heterocycles. The smallest absolute Gasteiger partial charge is 0.373 e. The van der Waals surface area contributed by atoms with E-state index in [9.17, 15) is 9.59 Å². The first kappa shape index (κ1) is 59.1. The van der Waals surface area contributed by atoms with Gasteiger partial charge in [0, 0.05) is 33.9 Å². The summed E-state index contributed by atoms with van der Waals surface area (Å²) in [4.78, 5) is 67.5. The molecule has 0 fully saturated rings. The Morgan fingerprint density at radius 3 is 1.40 bits per heavy atom. The minimum Gasteiger partial charge on any atom is -0.493 e. The van der Waals surface area contributed by atoms with Gasteiger partial charge in [-0.05, 0) is 112 Å². The number of nitrogens with two attached hydrogens (primary N) is 2. The van der Waals surface area contributed by atoms with Gasteiger partial charge >= 0.3 is 12.3 Å². The van der Waals surface area contributed by atoms with E-state index >= 15 is 0 Å². The topological polar surface area (TPSA) is 260 Å². The second-order valence-electron chi connectivity index (χ2n) is 16.8. The molecule has 0 spiro atoms. The summed E-state index contributed by atoms with van der Waals surface area (Å²) in [5.74, 6) is 3.40. The number of rotatable bonds is 22. The number of carbonyl (C=O) groups excluding carboxylic acids is 6. The molecule has 18 heteroatoms. The molecule has 2 heterocycles. The SMILES string of the molecule is CCCCOc1ccc(C(=O)NC(CC)COc2cccc3nc(C)cc(N)c23)cc1OC.CCCCOc1ccc(C(=O)NC(COc2cccc3nc(C)cc(N)c23)C(C)C)cc1OC.O=C=O.O=C=O. The molecular formula is C55H68N6O12. The molecular weight excluding hydrogens is 937 g/mol. The van der Waals surface area contributed by atoms with Crippen molar-refractivity contribution < 1.29 is 57.2 Å². The van der Waals surface area contributed by atoms with Gasteiger partial charge in [-0.2, -0.15) is 19.2 Å². The normalized spacial score (nSPS) is 11.1. The van der Waals surface area contributed by atoms with Crippen molar-refractivity contribution in [1.29, 1.82) is 0 Å². The Balaban J connectivity index is 0.000000348. The van der Waals surface area contributed by atoms with Crippen LogP contribution in [0.3, 0.4) is 0 Å². The van der Waals surface area contributed by atoms with Crippen LogP contribution in [-0.4, -0.2) is 86.8 Å². The highest BCUT2D eigenvalue weighted by Gasteiger charge is 2.21. The van der Waals surface area contributed by atoms with E-state index in [1.807, 2.05) is 83.1 Å². The number of pyridine rings is 2. The van der Waals surface area contributed by atoms with Crippen molar-refractivity contribution in [2.24, 2.45) is 5.92 Å². The fourth-order valence-electron chi connectivity index (χ4n) is 7.15. The molecule has 2 aromatic heterocycles. The summed E-state index contributed by atoms with van der Waals surface area (Å²) in [6.07, 6.45) is 5.22. The molecule has 0 saturated carbocycles. The molecule has 0 aliphatic carbocycles. The number of amides is 2. The number of carbonyl (C=O) groups is 2. The van der Waals surface area contributed by atoms with Crippen molar-refractivity contribution in [3.63, 3.8) is 0 Å². The Hall–Kier alpha value is -8.20. The Labute approximate surface area is 426 Å². The highest BCUT2D eigenvalue weighted by molar-refractivity contribution is 5.97. The van der Waals surface area contributed by atoms with Crippen LogP contribution < -0.4 is 50.5 Å². The number of aryl methyl sites for hydroxylation is 2. The molecule has 2 amide bonds. The second kappa shape index (κ2) is 31.2. The lowest BCUT2D eigenvalue weighted by Gasteiger charge is -2.23. The maximum atomic E-state index is 13.0. The summed E-state index contributed by atoms with van der Waals surface area (Å²) in [6, 6.07) is 25.0. The number of ether oxygens (including phenoxy) is 6. The third-order valence-electron chi connectivity index (χ3n) is 11.1. The number of fused-ring (bicyclic) bond motifs is 2. The number of nitrogens with one attached hydrogen (secondary N) is 2. The lowest BCUT2D eigenvalue weighted by atomic mass is 10.0. The first-order chi connectivity index (χ1) is 35.1. The Kier molecular flexibility index (Phi) is 25.3. The van der Waals surface area contributed by atoms with E-state index in [0.717, 1.165) is 58.9 Å². The zero-order chi connectivity index (χ0) is 53.9. The average molecular weight is 1010 g/mol. The maximum absolute atomic E-state index is 13.0. The summed E-state index contributed by atoms with van der Waals surface area (Å²) >= 11 is 0. The quantitative estimate of drug-likeness (QED) is 0.0463. The maximum Gasteiger partial charge on any atom is 0.373 e. The summed E-state index contributed by atoms with van der Waals surface area (Å²) < 4.78 is 34.6. The van der Waals surface area contributed by atoms with Crippen molar-refractivity contribution in [2.75, 3.05) is 52.1 Å². The first-order valence-electron chi connectivity index (χ1n) is 23.9. The number of hydrogen-bond acceptors (Lipinski definition) is 16. The average Bonchev–Trinajstić information content (AvgIpc) is 3.36. The highest BCUT2D eigenvalue weighted by Crippen LogP contribution is 2.33. The molecule has 0 radical (unpaired) electrons. The minimum absolute atomic E-state index is 0.148. The van der Waals surface area contributed by atoms with Crippen LogP contribution in [-0.2, 0) is 19.2 Å². The number of aromatic nitrogens is 2. The van der Waals surface area contributed by atoms with Gasteiger partial charge in [0.05, 0.1) is 61.3 Å². The number of methoxy groups -OCH3 is 2. The molecule has 390 valence electrons. The van der Waals surface area contributed by atoms with Crippen molar-refractivity contribution >= 4 is 57.3 Å². The second-order valence-corrected chi connectivity index (χ2v) is 16.8. The number of unbranched alkanes of at least 4 members (excludes halogenated alkanes) is 2. The fraction of sp³-hybridized carbons (Fsp3) is 0.382. The Morgan fingerprint density at radius 1 is 0.575 bits per heavy atom. The van der Waals surface area contributed by atoms with Gasteiger partial charge in [0.15, 0.2) is 23.0 Å². The van der Waals surface area contributed by atoms with Crippen LogP contribution in [0, 0.1) is 19.8 Å². The van der Waals surface area contributed by atoms with Crippen molar-refractivity contribution in [2.45, 2.75) is 92.7 Å². The van der Waals surface area contributed by atoms with Crippen LogP contribution in [0.4, 0.5) is 11.4 Å². The van der Waals surface area contributed by atoms with Crippen LogP contribution in [0.5, 0.6) is 34.5 Å². The van der Waals surface area contributed by atoms with Gasteiger partial charge in [-0.3, -0.25) is 19.6 Å². The molecule has 4 aromatic carbocycles. The number of benzene rings is 4. The van der Waals surface area contributed by atoms with Crippen molar-refractivity contribution in [3.8, 4) is 34.5 Å². The monoisotopic (exact) mass is 1000 g/mol. The summed E-state index contributed by atoms with van der Waals surface area (Å²) in [7, 11) is 3.14. The molecule has 2 unspecified atom stereocenters. The molecule has 2 atom stereocenters.